The first kappa shape index (κ1) is 52.9. The van der Waals surface area contributed by atoms with Gasteiger partial charge in [0.25, 0.3) is 0 Å². The summed E-state index contributed by atoms with van der Waals surface area (Å²) in [4.78, 5) is 128. The van der Waals surface area contributed by atoms with Gasteiger partial charge in [0.15, 0.2) is 11.9 Å². The number of amides is 8. The number of hydrogen-bond donors (Lipinski definition) is 13. The van der Waals surface area contributed by atoms with Gasteiger partial charge in [0.2, 0.25) is 47.3 Å². The van der Waals surface area contributed by atoms with Crippen molar-refractivity contribution in [1.29, 1.82) is 0 Å². The van der Waals surface area contributed by atoms with E-state index < -0.39 is 89.9 Å². The number of nitrogens with two attached hydrogens (primary N) is 6. The standard InChI is InChI=1S/C44H61N17O8S/c45-35(62)20-31(37(46)64)59-38(65)29(10-3-13-52-43(47)48)57-41(68)34-12-5-15-61(34)42(69)30(11-4-14-53-44(49)50)58-40(67)33(18-25-22-51-23-55-25)60-39(66)32(56-36(63)19-26-7-6-16-70-26)17-24-21-54-28-9-2-1-8-27(24)28/h1-2,6-9,16,21-23,29-34,54H,3-5,10-15,17-20H2,(H2,45,62)(H2,46,64)(H,51,55)(H,56,63)(H,57,68)(H,58,67)(H,59,65)(H,60,66)(H4,47,48,52)(H4,49,50,53)/t29-,30-,31-,32-,33-,34-/m0/s1. The second-order valence-electron chi connectivity index (χ2n) is 16.6. The van der Waals surface area contributed by atoms with Crippen LogP contribution < -0.4 is 61.0 Å². The van der Waals surface area contributed by atoms with Crippen LogP contribution in [0.4, 0.5) is 0 Å². The number of rotatable bonds is 27. The van der Waals surface area contributed by atoms with Crippen LogP contribution in [-0.4, -0.2) is 135 Å². The van der Waals surface area contributed by atoms with Gasteiger partial charge >= 0.3 is 0 Å². The number of thiophene rings is 1. The first-order chi connectivity index (χ1) is 33.5. The summed E-state index contributed by atoms with van der Waals surface area (Å²) in [6.45, 7) is 0.254. The Bertz CT molecular complexity index is 2500. The number of imidazole rings is 1. The van der Waals surface area contributed by atoms with Gasteiger partial charge in [0.1, 0.15) is 36.3 Å². The van der Waals surface area contributed by atoms with Crippen molar-refractivity contribution in [2.45, 2.75) is 100 Å². The molecule has 0 spiro atoms. The third kappa shape index (κ3) is 16.1. The fraction of sp³-hybridized carbons (Fsp3) is 0.432. The normalized spacial score (nSPS) is 15.3. The van der Waals surface area contributed by atoms with Crippen molar-refractivity contribution >= 4 is 81.4 Å². The van der Waals surface area contributed by atoms with E-state index in [1.807, 2.05) is 41.8 Å². The molecule has 1 aliphatic rings. The van der Waals surface area contributed by atoms with Crippen LogP contribution in [0.15, 0.2) is 70.5 Å². The highest BCUT2D eigenvalue weighted by Gasteiger charge is 2.40. The number of benzene rings is 1. The maximum Gasteiger partial charge on any atom is 0.245 e. The van der Waals surface area contributed by atoms with Gasteiger partial charge in [-0.2, -0.15) is 0 Å². The van der Waals surface area contributed by atoms with Crippen LogP contribution in [0.1, 0.15) is 61.1 Å². The van der Waals surface area contributed by atoms with E-state index in [0.717, 1.165) is 21.3 Å². The molecule has 0 radical (unpaired) electrons. The molecule has 0 unspecified atom stereocenters. The molecule has 26 heteroatoms. The summed E-state index contributed by atoms with van der Waals surface area (Å²) in [5.41, 5.74) is 34.7. The lowest BCUT2D eigenvalue weighted by Gasteiger charge is -2.31. The van der Waals surface area contributed by atoms with E-state index in [9.17, 15) is 38.4 Å². The maximum absolute atomic E-state index is 14.6. The molecule has 4 aromatic rings. The lowest BCUT2D eigenvalue weighted by Crippen LogP contribution is -2.60. The van der Waals surface area contributed by atoms with Crippen LogP contribution in [0.5, 0.6) is 0 Å². The second-order valence-corrected chi connectivity index (χ2v) is 17.7. The molecule has 19 N–H and O–H groups in total. The molecule has 8 amide bonds. The molecular formula is C44H61N17O8S. The Kier molecular flexibility index (Phi) is 19.6. The molecule has 1 fully saturated rings. The number of H-pyrrole nitrogens is 2. The molecule has 1 saturated heterocycles. The third-order valence-corrected chi connectivity index (χ3v) is 12.2. The number of guanidine groups is 2. The minimum atomic E-state index is -1.47. The molecule has 1 aromatic carbocycles. The Balaban J connectivity index is 1.38. The van der Waals surface area contributed by atoms with Crippen molar-refractivity contribution < 1.29 is 38.4 Å². The monoisotopic (exact) mass is 987 g/mol. The van der Waals surface area contributed by atoms with Crippen molar-refractivity contribution in [3.8, 4) is 0 Å². The summed E-state index contributed by atoms with van der Waals surface area (Å²) in [6.07, 6.45) is 4.90. The van der Waals surface area contributed by atoms with Crippen LogP contribution in [0.3, 0.4) is 0 Å². The Morgan fingerprint density at radius 2 is 1.39 bits per heavy atom. The molecular weight excluding hydrogens is 927 g/mol. The highest BCUT2D eigenvalue weighted by Crippen LogP contribution is 2.22. The molecule has 1 aliphatic heterocycles. The molecule has 0 bridgehead atoms. The lowest BCUT2D eigenvalue weighted by atomic mass is 10.0. The predicted octanol–water partition coefficient (Wildman–Crippen LogP) is -3.14. The first-order valence-corrected chi connectivity index (χ1v) is 23.4. The smallest absolute Gasteiger partial charge is 0.245 e. The predicted molar refractivity (Wildman–Crippen MR) is 260 cm³/mol. The van der Waals surface area contributed by atoms with Crippen molar-refractivity contribution in [2.24, 2.45) is 44.4 Å². The highest BCUT2D eigenvalue weighted by atomic mass is 32.1. The number of fused-ring (bicyclic) bond motifs is 1. The van der Waals surface area contributed by atoms with Crippen LogP contribution in [0, 0.1) is 0 Å². The van der Waals surface area contributed by atoms with Crippen molar-refractivity contribution in [3.63, 3.8) is 0 Å². The molecule has 70 heavy (non-hydrogen) atoms. The van der Waals surface area contributed by atoms with E-state index in [1.165, 1.54) is 28.8 Å². The van der Waals surface area contributed by atoms with Crippen LogP contribution in [0.25, 0.3) is 10.9 Å². The highest BCUT2D eigenvalue weighted by molar-refractivity contribution is 7.10. The Hall–Kier alpha value is -8.03. The number of aliphatic imine (C=N–C) groups is 2. The molecule has 25 nitrogen and oxygen atoms in total. The third-order valence-electron chi connectivity index (χ3n) is 11.3. The summed E-state index contributed by atoms with van der Waals surface area (Å²) < 4.78 is 0. The average molecular weight is 988 g/mol. The number of aromatic nitrogens is 3. The van der Waals surface area contributed by atoms with Crippen LogP contribution in [-0.2, 0) is 57.6 Å². The van der Waals surface area contributed by atoms with Gasteiger partial charge in [0.05, 0.1) is 19.2 Å². The number of carbonyl (C=O) groups is 8. The van der Waals surface area contributed by atoms with Crippen molar-refractivity contribution in [1.82, 2.24) is 46.4 Å². The van der Waals surface area contributed by atoms with Gasteiger partial charge in [-0.3, -0.25) is 48.3 Å². The molecule has 5 rings (SSSR count). The first-order valence-electron chi connectivity index (χ1n) is 22.5. The summed E-state index contributed by atoms with van der Waals surface area (Å²) in [5.74, 6) is -6.43. The fourth-order valence-electron chi connectivity index (χ4n) is 7.92. The summed E-state index contributed by atoms with van der Waals surface area (Å²) in [6, 6.07) is 3.45. The molecule has 4 heterocycles. The van der Waals surface area contributed by atoms with Crippen molar-refractivity contribution in [3.05, 3.63) is 76.6 Å². The molecule has 376 valence electrons. The molecule has 0 aliphatic carbocycles. The largest absolute Gasteiger partial charge is 0.370 e. The van der Waals surface area contributed by atoms with E-state index >= 15 is 0 Å². The molecule has 0 saturated carbocycles. The maximum atomic E-state index is 14.6. The summed E-state index contributed by atoms with van der Waals surface area (Å²) >= 11 is 1.39. The summed E-state index contributed by atoms with van der Waals surface area (Å²) in [5, 5.41) is 16.2. The number of aromatic amines is 2. The number of nitrogens with zero attached hydrogens (tertiary/aromatic N) is 4. The van der Waals surface area contributed by atoms with Gasteiger partial charge in [-0.1, -0.05) is 24.3 Å². The number of carbonyl (C=O) groups excluding carboxylic acids is 8. The molecule has 6 atom stereocenters. The van der Waals surface area contributed by atoms with E-state index in [2.05, 4.69) is 51.5 Å². The minimum absolute atomic E-state index is 0.0108. The topological polar surface area (TPSA) is 425 Å². The Morgan fingerprint density at radius 1 is 0.743 bits per heavy atom. The number of primary amides is 2. The number of para-hydroxylation sites is 1. The lowest BCUT2D eigenvalue weighted by molar-refractivity contribution is -0.142. The Labute approximate surface area is 406 Å². The van der Waals surface area contributed by atoms with Crippen molar-refractivity contribution in [2.75, 3.05) is 19.6 Å². The Morgan fingerprint density at radius 3 is 2.01 bits per heavy atom. The zero-order valence-corrected chi connectivity index (χ0v) is 39.2. The number of hydrogen-bond acceptors (Lipinski definition) is 12. The quantitative estimate of drug-likeness (QED) is 0.0160. The van der Waals surface area contributed by atoms with E-state index in [-0.39, 0.29) is 82.9 Å². The van der Waals surface area contributed by atoms with E-state index in [0.29, 0.717) is 12.1 Å². The average Bonchev–Trinajstić information content (AvgIpc) is 4.17. The minimum Gasteiger partial charge on any atom is -0.370 e. The van der Waals surface area contributed by atoms with Crippen LogP contribution >= 0.6 is 11.3 Å². The molecule has 3 aromatic heterocycles. The SMILES string of the molecule is NC(=O)C[C@H](NC(=O)[C@H](CCCN=C(N)N)NC(=O)[C@@H]1CCCN1C(=O)[C@H](CCCN=C(N)N)NC(=O)[C@H](Cc1cnc[nH]1)NC(=O)[C@H](Cc1c[nH]c2ccccc12)NC(=O)Cc1cccs1)C(N)=O. The number of likely N-dealkylation sites (tertiary alicyclic amines) is 1. The number of nitrogens with one attached hydrogen (secondary N) is 7. The zero-order chi connectivity index (χ0) is 50.7. The second kappa shape index (κ2) is 25.9. The van der Waals surface area contributed by atoms with E-state index in [4.69, 9.17) is 34.4 Å². The van der Waals surface area contributed by atoms with Gasteiger partial charge in [-0.05, 0) is 61.6 Å². The summed E-state index contributed by atoms with van der Waals surface area (Å²) in [7, 11) is 0. The van der Waals surface area contributed by atoms with Gasteiger partial charge in [0, 0.05) is 66.3 Å². The zero-order valence-electron chi connectivity index (χ0n) is 38.4. The van der Waals surface area contributed by atoms with Gasteiger partial charge in [-0.25, -0.2) is 4.98 Å². The van der Waals surface area contributed by atoms with Gasteiger partial charge in [-0.15, -0.1) is 11.3 Å². The van der Waals surface area contributed by atoms with Gasteiger partial charge < -0.3 is 75.9 Å². The van der Waals surface area contributed by atoms with Crippen LogP contribution in [0.2, 0.25) is 0 Å². The van der Waals surface area contributed by atoms with E-state index in [1.54, 1.807) is 6.20 Å². The fourth-order valence-corrected chi connectivity index (χ4v) is 8.62.